The van der Waals surface area contributed by atoms with E-state index >= 15 is 0 Å². The number of methoxy groups -OCH3 is 1. The molecular formula is C26H26FN5O2. The van der Waals surface area contributed by atoms with Crippen LogP contribution in [0, 0.1) is 12.7 Å². The number of aromatic nitrogens is 3. The number of carbonyl (C=O) groups excluding carboxylic acids is 1. The summed E-state index contributed by atoms with van der Waals surface area (Å²) in [6, 6.07) is 19.6. The van der Waals surface area contributed by atoms with Crippen molar-refractivity contribution in [2.45, 2.75) is 19.5 Å². The highest BCUT2D eigenvalue weighted by Crippen LogP contribution is 2.38. The normalized spacial score (nSPS) is 14.9. The van der Waals surface area contributed by atoms with E-state index in [9.17, 15) is 9.18 Å². The molecule has 1 atom stereocenters. The molecule has 5 rings (SSSR count). The van der Waals surface area contributed by atoms with Crippen LogP contribution >= 0.6 is 0 Å². The van der Waals surface area contributed by atoms with Crippen molar-refractivity contribution in [3.05, 3.63) is 101 Å². The van der Waals surface area contributed by atoms with Crippen molar-refractivity contribution >= 4 is 6.03 Å². The Labute approximate surface area is 197 Å². The van der Waals surface area contributed by atoms with E-state index in [0.29, 0.717) is 19.7 Å². The van der Waals surface area contributed by atoms with Gasteiger partial charge >= 0.3 is 6.03 Å². The summed E-state index contributed by atoms with van der Waals surface area (Å²) in [5.74, 6) is 0.575. The van der Waals surface area contributed by atoms with Crippen LogP contribution in [0.15, 0.2) is 72.9 Å². The third-order valence-corrected chi connectivity index (χ3v) is 6.12. The predicted octanol–water partition coefficient (Wildman–Crippen LogP) is 4.37. The fraction of sp³-hybridized carbons (Fsp3) is 0.231. The van der Waals surface area contributed by atoms with E-state index in [1.807, 2.05) is 60.3 Å². The maximum Gasteiger partial charge on any atom is 0.318 e. The van der Waals surface area contributed by atoms with Gasteiger partial charge in [-0.1, -0.05) is 30.3 Å². The molecule has 7 nitrogen and oxygen atoms in total. The van der Waals surface area contributed by atoms with Crippen LogP contribution in [0.4, 0.5) is 9.18 Å². The molecule has 0 saturated heterocycles. The summed E-state index contributed by atoms with van der Waals surface area (Å²) < 4.78 is 22.9. The van der Waals surface area contributed by atoms with Gasteiger partial charge < -0.3 is 19.5 Å². The number of halogens is 1. The quantitative estimate of drug-likeness (QED) is 0.451. The van der Waals surface area contributed by atoms with Gasteiger partial charge in [-0.2, -0.15) is 5.10 Å². The highest BCUT2D eigenvalue weighted by molar-refractivity contribution is 5.76. The Hall–Kier alpha value is -3.91. The van der Waals surface area contributed by atoms with Gasteiger partial charge in [0.1, 0.15) is 11.6 Å². The zero-order chi connectivity index (χ0) is 23.7. The van der Waals surface area contributed by atoms with Crippen LogP contribution in [0.3, 0.4) is 0 Å². The lowest BCUT2D eigenvalue weighted by Gasteiger charge is -2.31. The second kappa shape index (κ2) is 9.15. The van der Waals surface area contributed by atoms with Gasteiger partial charge in [0.2, 0.25) is 0 Å². The average Bonchev–Trinajstić information content (AvgIpc) is 3.41. The van der Waals surface area contributed by atoms with Crippen molar-refractivity contribution in [2.24, 2.45) is 0 Å². The van der Waals surface area contributed by atoms with Crippen molar-refractivity contribution in [1.29, 1.82) is 0 Å². The number of benzene rings is 2. The Balaban J connectivity index is 1.69. The number of para-hydroxylation sites is 1. The van der Waals surface area contributed by atoms with Gasteiger partial charge in [0.15, 0.2) is 0 Å². The van der Waals surface area contributed by atoms with Crippen molar-refractivity contribution in [3.8, 4) is 11.5 Å². The largest absolute Gasteiger partial charge is 0.383 e. The smallest absolute Gasteiger partial charge is 0.318 e. The Morgan fingerprint density at radius 2 is 1.88 bits per heavy atom. The standard InChI is InChI=1S/C26H26FN5O2/c1-18-22-17-31(26(33)28-14-16-34-2)24(19-10-12-20(27)13-11-19)23-9-6-15-30(23)25(22)32(29-18)21-7-4-3-5-8-21/h3-13,15,24H,14,16-17H2,1-2H3,(H,28,33)/t24-/m0/s1. The molecule has 1 aliphatic heterocycles. The van der Waals surface area contributed by atoms with Gasteiger partial charge in [0, 0.05) is 25.4 Å². The van der Waals surface area contributed by atoms with E-state index in [2.05, 4.69) is 9.88 Å². The molecule has 0 radical (unpaired) electrons. The van der Waals surface area contributed by atoms with Gasteiger partial charge in [-0.25, -0.2) is 13.9 Å². The monoisotopic (exact) mass is 459 g/mol. The third-order valence-electron chi connectivity index (χ3n) is 6.12. The first-order chi connectivity index (χ1) is 16.6. The third kappa shape index (κ3) is 3.86. The van der Waals surface area contributed by atoms with Crippen molar-refractivity contribution in [1.82, 2.24) is 24.6 Å². The second-order valence-electron chi connectivity index (χ2n) is 8.24. The molecule has 8 heteroatoms. The molecule has 3 heterocycles. The molecule has 2 amide bonds. The number of nitrogens with zero attached hydrogens (tertiary/aromatic N) is 4. The maximum absolute atomic E-state index is 13.8. The van der Waals surface area contributed by atoms with Gasteiger partial charge in [-0.3, -0.25) is 0 Å². The summed E-state index contributed by atoms with van der Waals surface area (Å²) in [5.41, 5.74) is 4.44. The number of nitrogens with one attached hydrogen (secondary N) is 1. The molecule has 0 spiro atoms. The van der Waals surface area contributed by atoms with Crippen LogP contribution in [0.25, 0.3) is 11.5 Å². The van der Waals surface area contributed by atoms with E-state index in [-0.39, 0.29) is 11.8 Å². The first kappa shape index (κ1) is 21.9. The fourth-order valence-electron chi connectivity index (χ4n) is 4.51. The molecule has 4 aromatic rings. The summed E-state index contributed by atoms with van der Waals surface area (Å²) in [4.78, 5) is 15.2. The average molecular weight is 460 g/mol. The number of aryl methyl sites for hydroxylation is 1. The molecule has 2 aromatic heterocycles. The molecule has 0 bridgehead atoms. The van der Waals surface area contributed by atoms with Crippen molar-refractivity contribution < 1.29 is 13.9 Å². The molecule has 34 heavy (non-hydrogen) atoms. The summed E-state index contributed by atoms with van der Waals surface area (Å²) in [7, 11) is 1.60. The number of urea groups is 1. The number of hydrogen-bond donors (Lipinski definition) is 1. The number of rotatable bonds is 5. The first-order valence-corrected chi connectivity index (χ1v) is 11.2. The SMILES string of the molecule is COCCNC(=O)N1Cc2c(C)nn(-c3ccccc3)c2-n2cccc2[C@@H]1c1ccc(F)cc1. The van der Waals surface area contributed by atoms with Crippen LogP contribution in [-0.4, -0.2) is 45.5 Å². The summed E-state index contributed by atoms with van der Waals surface area (Å²) >= 11 is 0. The molecule has 2 aromatic carbocycles. The minimum Gasteiger partial charge on any atom is -0.383 e. The lowest BCUT2D eigenvalue weighted by molar-refractivity contribution is 0.168. The maximum atomic E-state index is 13.8. The first-order valence-electron chi connectivity index (χ1n) is 11.2. The molecule has 174 valence electrons. The topological polar surface area (TPSA) is 64.3 Å². The molecule has 0 saturated carbocycles. The molecule has 0 fully saturated rings. The molecular weight excluding hydrogens is 433 g/mol. The fourth-order valence-corrected chi connectivity index (χ4v) is 4.51. The zero-order valence-corrected chi connectivity index (χ0v) is 19.1. The van der Waals surface area contributed by atoms with Gasteiger partial charge in [-0.05, 0) is 48.9 Å². The Morgan fingerprint density at radius 3 is 2.62 bits per heavy atom. The lowest BCUT2D eigenvalue weighted by Crippen LogP contribution is -2.43. The zero-order valence-electron chi connectivity index (χ0n) is 19.1. The number of carbonyl (C=O) groups is 1. The van der Waals surface area contributed by atoms with E-state index < -0.39 is 6.04 Å². The number of hydrogen-bond acceptors (Lipinski definition) is 3. The van der Waals surface area contributed by atoms with Crippen LogP contribution in [0.2, 0.25) is 0 Å². The molecule has 0 aliphatic carbocycles. The van der Waals surface area contributed by atoms with E-state index in [1.54, 1.807) is 24.1 Å². The number of ether oxygens (including phenoxy) is 1. The number of amides is 2. The van der Waals surface area contributed by atoms with Crippen molar-refractivity contribution in [3.63, 3.8) is 0 Å². The van der Waals surface area contributed by atoms with Crippen molar-refractivity contribution in [2.75, 3.05) is 20.3 Å². The predicted molar refractivity (Wildman–Crippen MR) is 127 cm³/mol. The highest BCUT2D eigenvalue weighted by atomic mass is 19.1. The van der Waals surface area contributed by atoms with Crippen LogP contribution in [0.5, 0.6) is 0 Å². The van der Waals surface area contributed by atoms with E-state index in [4.69, 9.17) is 9.84 Å². The lowest BCUT2D eigenvalue weighted by atomic mass is 10.0. The molecule has 1 aliphatic rings. The van der Waals surface area contributed by atoms with Crippen LogP contribution < -0.4 is 5.32 Å². The van der Waals surface area contributed by atoms with E-state index in [0.717, 1.165) is 34.0 Å². The van der Waals surface area contributed by atoms with Gasteiger partial charge in [-0.15, -0.1) is 0 Å². The Morgan fingerprint density at radius 1 is 1.12 bits per heavy atom. The number of fused-ring (bicyclic) bond motifs is 3. The summed E-state index contributed by atoms with van der Waals surface area (Å²) in [6.07, 6.45) is 1.98. The van der Waals surface area contributed by atoms with Crippen LogP contribution in [-0.2, 0) is 11.3 Å². The summed E-state index contributed by atoms with van der Waals surface area (Å²) in [5, 5.41) is 7.78. The molecule has 1 N–H and O–H groups in total. The van der Waals surface area contributed by atoms with E-state index in [1.165, 1.54) is 12.1 Å². The Bertz CT molecular complexity index is 1300. The minimum atomic E-state index is -0.422. The van der Waals surface area contributed by atoms with Gasteiger partial charge in [0.05, 0.1) is 36.3 Å². The summed E-state index contributed by atoms with van der Waals surface area (Å²) in [6.45, 7) is 3.10. The minimum absolute atomic E-state index is 0.223. The second-order valence-corrected chi connectivity index (χ2v) is 8.24. The van der Waals surface area contributed by atoms with Gasteiger partial charge in [0.25, 0.3) is 0 Å². The van der Waals surface area contributed by atoms with Crippen LogP contribution in [0.1, 0.15) is 28.6 Å². The highest BCUT2D eigenvalue weighted by Gasteiger charge is 2.35. The molecule has 0 unspecified atom stereocenters. The Kier molecular flexibility index (Phi) is 5.90.